The number of rotatable bonds is 7. The summed E-state index contributed by atoms with van der Waals surface area (Å²) < 4.78 is 4.82. The van der Waals surface area contributed by atoms with Crippen molar-refractivity contribution in [2.75, 3.05) is 20.3 Å². The first-order chi connectivity index (χ1) is 8.72. The number of hydrogen-bond acceptors (Lipinski definition) is 4. The van der Waals surface area contributed by atoms with Crippen LogP contribution in [0, 0.1) is 0 Å². The minimum atomic E-state index is -0.336. The highest BCUT2D eigenvalue weighted by Gasteiger charge is 2.21. The molecule has 0 saturated heterocycles. The highest BCUT2D eigenvalue weighted by molar-refractivity contribution is 5.78. The SMILES string of the molecule is CCC(CO)NCC(C(=O)OC)c1ccccc1. The third-order valence-electron chi connectivity index (χ3n) is 3.01. The molecule has 100 valence electrons. The fraction of sp³-hybridized carbons (Fsp3) is 0.500. The standard InChI is InChI=1S/C14H21NO3/c1-3-12(10-16)15-9-13(14(17)18-2)11-7-5-4-6-8-11/h4-8,12-13,15-16H,3,9-10H2,1-2H3. The molecule has 0 spiro atoms. The zero-order valence-electron chi connectivity index (χ0n) is 10.9. The molecule has 2 unspecified atom stereocenters. The van der Waals surface area contributed by atoms with Crippen LogP contribution >= 0.6 is 0 Å². The minimum absolute atomic E-state index is 0.0147. The maximum atomic E-state index is 11.8. The van der Waals surface area contributed by atoms with E-state index < -0.39 is 0 Å². The number of hydrogen-bond donors (Lipinski definition) is 2. The smallest absolute Gasteiger partial charge is 0.314 e. The molecule has 0 heterocycles. The molecule has 1 aromatic rings. The maximum absolute atomic E-state index is 11.8. The number of aliphatic hydroxyl groups excluding tert-OH is 1. The molecule has 0 amide bonds. The van der Waals surface area contributed by atoms with E-state index in [1.807, 2.05) is 37.3 Å². The topological polar surface area (TPSA) is 58.6 Å². The molecule has 0 aliphatic heterocycles. The number of carbonyl (C=O) groups excluding carboxylic acids is 1. The summed E-state index contributed by atoms with van der Waals surface area (Å²) >= 11 is 0. The summed E-state index contributed by atoms with van der Waals surface area (Å²) in [6.07, 6.45) is 0.819. The number of aliphatic hydroxyl groups is 1. The molecule has 1 aromatic carbocycles. The van der Waals surface area contributed by atoms with Crippen molar-refractivity contribution in [1.29, 1.82) is 0 Å². The lowest BCUT2D eigenvalue weighted by Gasteiger charge is -2.19. The summed E-state index contributed by atoms with van der Waals surface area (Å²) in [5.74, 6) is -0.599. The van der Waals surface area contributed by atoms with Gasteiger partial charge < -0.3 is 15.2 Å². The fourth-order valence-electron chi connectivity index (χ4n) is 1.79. The molecule has 18 heavy (non-hydrogen) atoms. The van der Waals surface area contributed by atoms with E-state index in [9.17, 15) is 4.79 Å². The molecular weight excluding hydrogens is 230 g/mol. The van der Waals surface area contributed by atoms with Crippen LogP contribution in [0.5, 0.6) is 0 Å². The van der Waals surface area contributed by atoms with Crippen LogP contribution in [0.2, 0.25) is 0 Å². The van der Waals surface area contributed by atoms with Crippen molar-refractivity contribution in [3.63, 3.8) is 0 Å². The van der Waals surface area contributed by atoms with Gasteiger partial charge in [-0.3, -0.25) is 4.79 Å². The van der Waals surface area contributed by atoms with Crippen molar-refractivity contribution in [3.8, 4) is 0 Å². The number of esters is 1. The van der Waals surface area contributed by atoms with Gasteiger partial charge in [-0.15, -0.1) is 0 Å². The van der Waals surface area contributed by atoms with Crippen molar-refractivity contribution in [1.82, 2.24) is 5.32 Å². The monoisotopic (exact) mass is 251 g/mol. The van der Waals surface area contributed by atoms with Gasteiger partial charge in [-0.05, 0) is 12.0 Å². The van der Waals surface area contributed by atoms with E-state index >= 15 is 0 Å². The van der Waals surface area contributed by atoms with Gasteiger partial charge in [-0.25, -0.2) is 0 Å². The van der Waals surface area contributed by atoms with Gasteiger partial charge in [-0.2, -0.15) is 0 Å². The molecule has 1 rings (SSSR count). The Morgan fingerprint density at radius 2 is 2.06 bits per heavy atom. The largest absolute Gasteiger partial charge is 0.469 e. The molecule has 0 saturated carbocycles. The first kappa shape index (κ1) is 14.7. The van der Waals surface area contributed by atoms with Crippen molar-refractivity contribution < 1.29 is 14.6 Å². The summed E-state index contributed by atoms with van der Waals surface area (Å²) in [5, 5.41) is 12.3. The second-order valence-corrected chi connectivity index (χ2v) is 4.18. The third-order valence-corrected chi connectivity index (χ3v) is 3.01. The Bertz CT molecular complexity index is 349. The second-order valence-electron chi connectivity index (χ2n) is 4.18. The zero-order valence-corrected chi connectivity index (χ0v) is 10.9. The van der Waals surface area contributed by atoms with E-state index in [0.717, 1.165) is 12.0 Å². The molecule has 0 bridgehead atoms. The highest BCUT2D eigenvalue weighted by atomic mass is 16.5. The Balaban J connectivity index is 2.71. The van der Waals surface area contributed by atoms with Crippen molar-refractivity contribution >= 4 is 5.97 Å². The van der Waals surface area contributed by atoms with Crippen molar-refractivity contribution in [3.05, 3.63) is 35.9 Å². The Labute approximate surface area is 108 Å². The number of ether oxygens (including phenoxy) is 1. The van der Waals surface area contributed by atoms with E-state index in [1.54, 1.807) is 0 Å². The third kappa shape index (κ3) is 4.13. The van der Waals surface area contributed by atoms with Gasteiger partial charge in [0.2, 0.25) is 0 Å². The molecule has 0 radical (unpaired) electrons. The van der Waals surface area contributed by atoms with Crippen LogP contribution in [0.15, 0.2) is 30.3 Å². The molecule has 0 aromatic heterocycles. The van der Waals surface area contributed by atoms with E-state index in [2.05, 4.69) is 5.32 Å². The van der Waals surface area contributed by atoms with Gasteiger partial charge in [0.25, 0.3) is 0 Å². The molecule has 2 atom stereocenters. The zero-order chi connectivity index (χ0) is 13.4. The predicted molar refractivity (Wildman–Crippen MR) is 70.4 cm³/mol. The average molecular weight is 251 g/mol. The van der Waals surface area contributed by atoms with E-state index in [-0.39, 0.29) is 24.5 Å². The molecule has 4 nitrogen and oxygen atoms in total. The van der Waals surface area contributed by atoms with Crippen LogP contribution in [0.25, 0.3) is 0 Å². The average Bonchev–Trinajstić information content (AvgIpc) is 2.44. The second kappa shape index (κ2) is 7.84. The van der Waals surface area contributed by atoms with E-state index in [0.29, 0.717) is 6.54 Å². The number of carbonyl (C=O) groups is 1. The molecular formula is C14H21NO3. The van der Waals surface area contributed by atoms with Crippen molar-refractivity contribution in [2.45, 2.75) is 25.3 Å². The molecule has 0 aliphatic carbocycles. The van der Waals surface area contributed by atoms with Crippen LogP contribution in [-0.4, -0.2) is 37.4 Å². The molecule has 0 aliphatic rings. The lowest BCUT2D eigenvalue weighted by Crippen LogP contribution is -2.37. The predicted octanol–water partition coefficient (Wildman–Crippen LogP) is 1.30. The van der Waals surface area contributed by atoms with Crippen molar-refractivity contribution in [2.24, 2.45) is 0 Å². The van der Waals surface area contributed by atoms with E-state index in [4.69, 9.17) is 9.84 Å². The van der Waals surface area contributed by atoms with Gasteiger partial charge in [0.1, 0.15) is 0 Å². The first-order valence-electron chi connectivity index (χ1n) is 6.19. The Hall–Kier alpha value is -1.39. The summed E-state index contributed by atoms with van der Waals surface area (Å²) in [5.41, 5.74) is 0.921. The maximum Gasteiger partial charge on any atom is 0.314 e. The van der Waals surface area contributed by atoms with Gasteiger partial charge in [-0.1, -0.05) is 37.3 Å². The summed E-state index contributed by atoms with van der Waals surface area (Å²) in [6.45, 7) is 2.53. The van der Waals surface area contributed by atoms with Crippen LogP contribution < -0.4 is 5.32 Å². The van der Waals surface area contributed by atoms with E-state index in [1.165, 1.54) is 7.11 Å². The van der Waals surface area contributed by atoms with Gasteiger partial charge >= 0.3 is 5.97 Å². The summed E-state index contributed by atoms with van der Waals surface area (Å²) in [7, 11) is 1.39. The molecule has 2 N–H and O–H groups in total. The Kier molecular flexibility index (Phi) is 6.39. The summed E-state index contributed by atoms with van der Waals surface area (Å²) in [4.78, 5) is 11.8. The molecule has 4 heteroatoms. The number of nitrogens with one attached hydrogen (secondary N) is 1. The lowest BCUT2D eigenvalue weighted by atomic mass is 9.99. The van der Waals surface area contributed by atoms with Crippen LogP contribution in [0.4, 0.5) is 0 Å². The first-order valence-corrected chi connectivity index (χ1v) is 6.19. The quantitative estimate of drug-likeness (QED) is 0.717. The Morgan fingerprint density at radius 1 is 1.39 bits per heavy atom. The van der Waals surface area contributed by atoms with Crippen LogP contribution in [0.3, 0.4) is 0 Å². The number of methoxy groups -OCH3 is 1. The van der Waals surface area contributed by atoms with Gasteiger partial charge in [0.05, 0.1) is 19.6 Å². The normalized spacial score (nSPS) is 13.9. The van der Waals surface area contributed by atoms with Crippen LogP contribution in [-0.2, 0) is 9.53 Å². The van der Waals surface area contributed by atoms with Gasteiger partial charge in [0.15, 0.2) is 0 Å². The highest BCUT2D eigenvalue weighted by Crippen LogP contribution is 2.16. The number of benzene rings is 1. The summed E-state index contributed by atoms with van der Waals surface area (Å²) in [6, 6.07) is 9.53. The fourth-order valence-corrected chi connectivity index (χ4v) is 1.79. The molecule has 0 fully saturated rings. The lowest BCUT2D eigenvalue weighted by molar-refractivity contribution is -0.142. The Morgan fingerprint density at radius 3 is 2.56 bits per heavy atom. The van der Waals surface area contributed by atoms with Gasteiger partial charge in [0, 0.05) is 12.6 Å². The minimum Gasteiger partial charge on any atom is -0.469 e. The van der Waals surface area contributed by atoms with Crippen LogP contribution in [0.1, 0.15) is 24.8 Å².